The molecule has 11 nitrogen and oxygen atoms in total. The van der Waals surface area contributed by atoms with Gasteiger partial charge in [-0.25, -0.2) is 18.5 Å². The van der Waals surface area contributed by atoms with Gasteiger partial charge in [0.2, 0.25) is 5.95 Å². The molecule has 0 aliphatic carbocycles. The summed E-state index contributed by atoms with van der Waals surface area (Å²) in [6, 6.07) is 10.5. The first-order valence-electron chi connectivity index (χ1n) is 11.1. The maximum absolute atomic E-state index is 13.9. The highest BCUT2D eigenvalue weighted by atomic mass is 35.5. The molecule has 5 rings (SSSR count). The van der Waals surface area contributed by atoms with Gasteiger partial charge in [-0.2, -0.15) is 15.3 Å². The minimum Gasteiger partial charge on any atom is -0.495 e. The van der Waals surface area contributed by atoms with Crippen molar-refractivity contribution in [1.82, 2.24) is 28.9 Å². The van der Waals surface area contributed by atoms with Gasteiger partial charge < -0.3 is 10.1 Å². The summed E-state index contributed by atoms with van der Waals surface area (Å²) in [5.41, 5.74) is -0.220. The predicted molar refractivity (Wildman–Crippen MR) is 138 cm³/mol. The van der Waals surface area contributed by atoms with Gasteiger partial charge in [-0.1, -0.05) is 17.7 Å². The highest BCUT2D eigenvalue weighted by molar-refractivity contribution is 6.34. The minimum atomic E-state index is -0.876. The lowest BCUT2D eigenvalue weighted by Gasteiger charge is -2.16. The summed E-state index contributed by atoms with van der Waals surface area (Å²) < 4.78 is 22.7. The second kappa shape index (κ2) is 9.79. The standard InChI is InChI=1S/C25H18ClFN8O3/c1-33-13-16-6-22(19(26)8-21(16)32-33)30-23-31-24(36)35(17-7-18(38-2)11-29-10-17)25(37)34(23)12-14-3-4-20(27)15(5-14)9-28/h3-8,10-11,13H,12H2,1-2H3,(H,30,31,36). The van der Waals surface area contributed by atoms with Crippen LogP contribution >= 0.6 is 11.6 Å². The van der Waals surface area contributed by atoms with Crippen LogP contribution < -0.4 is 21.4 Å². The first-order valence-corrected chi connectivity index (χ1v) is 11.5. The second-order valence-electron chi connectivity index (χ2n) is 8.25. The molecule has 190 valence electrons. The zero-order valence-corrected chi connectivity index (χ0v) is 20.8. The molecule has 5 aromatic rings. The third-order valence-electron chi connectivity index (χ3n) is 5.71. The van der Waals surface area contributed by atoms with Crippen molar-refractivity contribution in [3.63, 3.8) is 0 Å². The lowest BCUT2D eigenvalue weighted by Crippen LogP contribution is -2.41. The Balaban J connectivity index is 1.69. The van der Waals surface area contributed by atoms with Gasteiger partial charge in [0.15, 0.2) is 0 Å². The average molecular weight is 533 g/mol. The number of aryl methyl sites for hydroxylation is 1. The van der Waals surface area contributed by atoms with Crippen LogP contribution in [0, 0.1) is 17.1 Å². The Morgan fingerprint density at radius 3 is 2.76 bits per heavy atom. The lowest BCUT2D eigenvalue weighted by molar-refractivity contribution is 0.412. The number of rotatable bonds is 6. The van der Waals surface area contributed by atoms with E-state index >= 15 is 0 Å². The Morgan fingerprint density at radius 2 is 2.00 bits per heavy atom. The van der Waals surface area contributed by atoms with Crippen LogP contribution in [0.2, 0.25) is 5.02 Å². The van der Waals surface area contributed by atoms with Crippen molar-refractivity contribution in [2.24, 2.45) is 7.05 Å². The number of benzene rings is 2. The molecule has 0 atom stereocenters. The molecule has 38 heavy (non-hydrogen) atoms. The second-order valence-corrected chi connectivity index (χ2v) is 8.66. The summed E-state index contributed by atoms with van der Waals surface area (Å²) in [5, 5.41) is 17.6. The molecule has 0 fully saturated rings. The Hall–Kier alpha value is -5.02. The van der Waals surface area contributed by atoms with Gasteiger partial charge in [0, 0.05) is 24.7 Å². The third-order valence-corrected chi connectivity index (χ3v) is 6.02. The van der Waals surface area contributed by atoms with Crippen LogP contribution in [0.5, 0.6) is 5.75 Å². The summed E-state index contributed by atoms with van der Waals surface area (Å²) in [7, 11) is 3.20. The van der Waals surface area contributed by atoms with E-state index in [9.17, 15) is 19.2 Å². The molecule has 13 heteroatoms. The number of nitriles is 1. The van der Waals surface area contributed by atoms with Crippen LogP contribution in [0.4, 0.5) is 16.0 Å². The molecule has 0 unspecified atom stereocenters. The minimum absolute atomic E-state index is 0.111. The van der Waals surface area contributed by atoms with Gasteiger partial charge in [-0.15, -0.1) is 0 Å². The predicted octanol–water partition coefficient (Wildman–Crippen LogP) is 3.14. The normalized spacial score (nSPS) is 10.9. The molecule has 1 N–H and O–H groups in total. The van der Waals surface area contributed by atoms with Crippen LogP contribution in [0.15, 0.2) is 64.6 Å². The van der Waals surface area contributed by atoms with E-state index in [1.165, 1.54) is 42.3 Å². The number of ether oxygens (including phenoxy) is 1. The first kappa shape index (κ1) is 24.7. The summed E-state index contributed by atoms with van der Waals surface area (Å²) in [5.74, 6) is -0.472. The van der Waals surface area contributed by atoms with E-state index in [0.717, 1.165) is 16.0 Å². The largest absolute Gasteiger partial charge is 0.495 e. The molecule has 0 spiro atoms. The smallest absolute Gasteiger partial charge is 0.359 e. The number of methoxy groups -OCH3 is 1. The fourth-order valence-electron chi connectivity index (χ4n) is 3.92. The average Bonchev–Trinajstić information content (AvgIpc) is 3.26. The molecule has 3 heterocycles. The van der Waals surface area contributed by atoms with Gasteiger partial charge in [0.25, 0.3) is 0 Å². The Morgan fingerprint density at radius 1 is 1.18 bits per heavy atom. The number of halogens is 2. The number of pyridine rings is 1. The lowest BCUT2D eigenvalue weighted by atomic mass is 10.1. The van der Waals surface area contributed by atoms with Gasteiger partial charge in [0.1, 0.15) is 17.6 Å². The number of hydrogen-bond donors (Lipinski definition) is 1. The van der Waals surface area contributed by atoms with Crippen LogP contribution in [0.25, 0.3) is 16.6 Å². The zero-order valence-electron chi connectivity index (χ0n) is 20.0. The van der Waals surface area contributed by atoms with Crippen molar-refractivity contribution in [3.8, 4) is 17.5 Å². The molecule has 2 aromatic carbocycles. The maximum atomic E-state index is 13.9. The third kappa shape index (κ3) is 4.58. The number of nitrogens with zero attached hydrogens (tertiary/aromatic N) is 7. The summed E-state index contributed by atoms with van der Waals surface area (Å²) in [4.78, 5) is 34.9. The number of aromatic nitrogens is 6. The van der Waals surface area contributed by atoms with E-state index in [4.69, 9.17) is 16.3 Å². The Kier molecular flexibility index (Phi) is 6.36. The number of fused-ring (bicyclic) bond motifs is 1. The molecule has 0 bridgehead atoms. The van der Waals surface area contributed by atoms with Gasteiger partial charge in [-0.3, -0.25) is 14.2 Å². The van der Waals surface area contributed by atoms with Crippen molar-refractivity contribution in [2.75, 3.05) is 12.4 Å². The van der Waals surface area contributed by atoms with Crippen LogP contribution in [-0.2, 0) is 13.6 Å². The molecule has 0 aliphatic rings. The highest BCUT2D eigenvalue weighted by Gasteiger charge is 2.18. The maximum Gasteiger partial charge on any atom is 0.359 e. The van der Waals surface area contributed by atoms with Gasteiger partial charge in [-0.05, 0) is 29.8 Å². The first-order chi connectivity index (χ1) is 18.3. The molecular weight excluding hydrogens is 515 g/mol. The van der Waals surface area contributed by atoms with E-state index < -0.39 is 17.2 Å². The van der Waals surface area contributed by atoms with Crippen molar-refractivity contribution < 1.29 is 9.13 Å². The SMILES string of the molecule is COc1cncc(-n2c(=O)nc(Nc3cc4cn(C)nc4cc3Cl)n(Cc3ccc(F)c(C#N)c3)c2=O)c1. The molecular formula is C25H18ClFN8O3. The molecule has 0 saturated carbocycles. The summed E-state index contributed by atoms with van der Waals surface area (Å²) in [6.45, 7) is -0.145. The Bertz CT molecular complexity index is 1870. The van der Waals surface area contributed by atoms with Crippen molar-refractivity contribution in [1.29, 1.82) is 5.26 Å². The van der Waals surface area contributed by atoms with Gasteiger partial charge in [0.05, 0.1) is 53.5 Å². The highest BCUT2D eigenvalue weighted by Crippen LogP contribution is 2.29. The van der Waals surface area contributed by atoms with Crippen LogP contribution in [-0.4, -0.2) is 36.0 Å². The number of hydrogen-bond acceptors (Lipinski definition) is 8. The Labute approximate surface area is 218 Å². The van der Waals surface area contributed by atoms with E-state index in [2.05, 4.69) is 20.4 Å². The quantitative estimate of drug-likeness (QED) is 0.352. The molecule has 0 radical (unpaired) electrons. The zero-order chi connectivity index (χ0) is 27.0. The van der Waals surface area contributed by atoms with Gasteiger partial charge >= 0.3 is 11.4 Å². The van der Waals surface area contributed by atoms with Crippen molar-refractivity contribution >= 4 is 34.1 Å². The van der Waals surface area contributed by atoms with Crippen LogP contribution in [0.1, 0.15) is 11.1 Å². The molecule has 3 aromatic heterocycles. The monoisotopic (exact) mass is 532 g/mol. The van der Waals surface area contributed by atoms with E-state index in [-0.39, 0.29) is 28.8 Å². The molecule has 0 aliphatic heterocycles. The molecule has 0 amide bonds. The van der Waals surface area contributed by atoms with Crippen molar-refractivity contribution in [2.45, 2.75) is 6.54 Å². The van der Waals surface area contributed by atoms with Crippen LogP contribution in [0.3, 0.4) is 0 Å². The number of anilines is 2. The van der Waals surface area contributed by atoms with E-state index in [1.807, 2.05) is 0 Å². The topological polar surface area (TPSA) is 133 Å². The fraction of sp³-hybridized carbons (Fsp3) is 0.120. The summed E-state index contributed by atoms with van der Waals surface area (Å²) in [6.07, 6.45) is 4.53. The summed E-state index contributed by atoms with van der Waals surface area (Å²) >= 11 is 6.46. The fourth-order valence-corrected chi connectivity index (χ4v) is 4.12. The van der Waals surface area contributed by atoms with E-state index in [0.29, 0.717) is 22.5 Å². The molecule has 0 saturated heterocycles. The number of nitrogens with one attached hydrogen (secondary N) is 1. The van der Waals surface area contributed by atoms with E-state index in [1.54, 1.807) is 36.1 Å². The van der Waals surface area contributed by atoms with Crippen molar-refractivity contribution in [3.05, 3.63) is 97.9 Å².